The molecule has 1 saturated heterocycles. The number of fused-ring (bicyclic) bond motifs is 1. The zero-order valence-corrected chi connectivity index (χ0v) is 19.8. The Morgan fingerprint density at radius 2 is 1.82 bits per heavy atom. The molecule has 3 aliphatic rings. The van der Waals surface area contributed by atoms with Crippen molar-refractivity contribution in [1.82, 2.24) is 4.90 Å². The van der Waals surface area contributed by atoms with Gasteiger partial charge in [0.1, 0.15) is 17.6 Å². The maximum atomic E-state index is 11.1. The number of aliphatic hydroxyl groups excluding tert-OH is 1. The third kappa shape index (κ3) is 4.84. The van der Waals surface area contributed by atoms with Gasteiger partial charge in [-0.25, -0.2) is 0 Å². The van der Waals surface area contributed by atoms with E-state index in [2.05, 4.69) is 23.1 Å². The summed E-state index contributed by atoms with van der Waals surface area (Å²) in [7, 11) is 1.63. The van der Waals surface area contributed by atoms with Crippen molar-refractivity contribution >= 4 is 0 Å². The molecule has 0 bridgehead atoms. The number of benzene rings is 2. The standard InChI is InChI=1S/C27H35NO5/c1-18(2)31-23-11-8-19(16-24(23)30-3)26(29)28-14-12-27(13-15-28)17-25(32-20-9-10-20)21-6-4-5-7-22(21)33-27/h4-8,11,16,18,20,25-26,29H,9-10,12-15,17H2,1-3H3. The van der Waals surface area contributed by atoms with E-state index in [1.54, 1.807) is 7.11 Å². The molecule has 1 saturated carbocycles. The van der Waals surface area contributed by atoms with Crippen LogP contribution in [0.25, 0.3) is 0 Å². The maximum absolute atomic E-state index is 11.1. The minimum absolute atomic E-state index is 0.0568. The Morgan fingerprint density at radius 3 is 2.52 bits per heavy atom. The van der Waals surface area contributed by atoms with Crippen LogP contribution in [0.5, 0.6) is 17.2 Å². The van der Waals surface area contributed by atoms with E-state index in [4.69, 9.17) is 18.9 Å². The molecule has 2 aliphatic heterocycles. The normalized spacial score (nSPS) is 23.1. The predicted octanol–water partition coefficient (Wildman–Crippen LogP) is 5.01. The van der Waals surface area contributed by atoms with Crippen LogP contribution < -0.4 is 14.2 Å². The lowest BCUT2D eigenvalue weighted by atomic mass is 9.81. The Balaban J connectivity index is 1.28. The third-order valence-electron chi connectivity index (χ3n) is 6.93. The topological polar surface area (TPSA) is 60.4 Å². The average Bonchev–Trinajstić information content (AvgIpc) is 3.63. The molecular weight excluding hydrogens is 418 g/mol. The number of hydrogen-bond donors (Lipinski definition) is 1. The van der Waals surface area contributed by atoms with Gasteiger partial charge in [-0.1, -0.05) is 24.3 Å². The van der Waals surface area contributed by atoms with Crippen molar-refractivity contribution in [2.24, 2.45) is 0 Å². The molecular formula is C27H35NO5. The van der Waals surface area contributed by atoms with Gasteiger partial charge in [-0.15, -0.1) is 0 Å². The van der Waals surface area contributed by atoms with E-state index in [1.165, 1.54) is 5.56 Å². The Bertz CT molecular complexity index is 965. The largest absolute Gasteiger partial charge is 0.493 e. The maximum Gasteiger partial charge on any atom is 0.161 e. The van der Waals surface area contributed by atoms with Gasteiger partial charge in [0, 0.05) is 37.9 Å². The van der Waals surface area contributed by atoms with Gasteiger partial charge in [0.05, 0.1) is 25.4 Å². The summed E-state index contributed by atoms with van der Waals surface area (Å²) in [5, 5.41) is 11.1. The first-order valence-corrected chi connectivity index (χ1v) is 12.2. The van der Waals surface area contributed by atoms with E-state index in [1.807, 2.05) is 38.1 Å². The first-order valence-electron chi connectivity index (χ1n) is 12.2. The molecule has 2 heterocycles. The zero-order chi connectivity index (χ0) is 23.0. The fourth-order valence-corrected chi connectivity index (χ4v) is 5.01. The molecule has 2 aromatic rings. The monoisotopic (exact) mass is 453 g/mol. The number of likely N-dealkylation sites (tertiary alicyclic amines) is 1. The minimum Gasteiger partial charge on any atom is -0.493 e. The van der Waals surface area contributed by atoms with E-state index in [-0.39, 0.29) is 17.8 Å². The molecule has 1 aliphatic carbocycles. The molecule has 2 atom stereocenters. The summed E-state index contributed by atoms with van der Waals surface area (Å²) in [6.07, 6.45) is 4.77. The molecule has 2 unspecified atom stereocenters. The number of methoxy groups -OCH3 is 1. The van der Waals surface area contributed by atoms with Crippen molar-refractivity contribution in [2.75, 3.05) is 20.2 Å². The molecule has 0 radical (unpaired) electrons. The summed E-state index contributed by atoms with van der Waals surface area (Å²) >= 11 is 0. The van der Waals surface area contributed by atoms with Gasteiger partial charge in [-0.05, 0) is 50.5 Å². The fourth-order valence-electron chi connectivity index (χ4n) is 5.01. The number of aliphatic hydroxyl groups is 1. The van der Waals surface area contributed by atoms with Gasteiger partial charge in [0.15, 0.2) is 11.5 Å². The van der Waals surface area contributed by atoms with Crippen LogP contribution in [0.1, 0.15) is 69.4 Å². The van der Waals surface area contributed by atoms with Crippen LogP contribution in [0.15, 0.2) is 42.5 Å². The van der Waals surface area contributed by atoms with Crippen molar-refractivity contribution < 1.29 is 24.1 Å². The van der Waals surface area contributed by atoms with Crippen molar-refractivity contribution in [3.63, 3.8) is 0 Å². The van der Waals surface area contributed by atoms with E-state index >= 15 is 0 Å². The summed E-state index contributed by atoms with van der Waals surface area (Å²) in [6.45, 7) is 5.48. The lowest BCUT2D eigenvalue weighted by Crippen LogP contribution is -2.51. The number of rotatable bonds is 7. The molecule has 1 spiro atoms. The molecule has 1 N–H and O–H groups in total. The molecule has 2 fully saturated rings. The summed E-state index contributed by atoms with van der Waals surface area (Å²) in [5.74, 6) is 2.28. The van der Waals surface area contributed by atoms with Gasteiger partial charge in [-0.3, -0.25) is 4.90 Å². The number of nitrogens with zero attached hydrogens (tertiary/aromatic N) is 1. The highest BCUT2D eigenvalue weighted by Crippen LogP contribution is 2.48. The third-order valence-corrected chi connectivity index (χ3v) is 6.93. The van der Waals surface area contributed by atoms with Gasteiger partial charge < -0.3 is 24.1 Å². The lowest BCUT2D eigenvalue weighted by molar-refractivity contribution is -0.103. The summed E-state index contributed by atoms with van der Waals surface area (Å²) in [6, 6.07) is 14.0. The molecule has 178 valence electrons. The predicted molar refractivity (Wildman–Crippen MR) is 126 cm³/mol. The van der Waals surface area contributed by atoms with Crippen LogP contribution in [0, 0.1) is 0 Å². The van der Waals surface area contributed by atoms with Crippen LogP contribution >= 0.6 is 0 Å². The quantitative estimate of drug-likeness (QED) is 0.636. The Morgan fingerprint density at radius 1 is 1.06 bits per heavy atom. The van der Waals surface area contributed by atoms with Gasteiger partial charge in [0.25, 0.3) is 0 Å². The van der Waals surface area contributed by atoms with Crippen LogP contribution in [0.4, 0.5) is 0 Å². The van der Waals surface area contributed by atoms with Crippen LogP contribution in [-0.4, -0.2) is 48.0 Å². The van der Waals surface area contributed by atoms with Gasteiger partial charge in [0.2, 0.25) is 0 Å². The number of hydrogen-bond acceptors (Lipinski definition) is 6. The van der Waals surface area contributed by atoms with E-state index in [0.717, 1.165) is 56.5 Å². The molecule has 33 heavy (non-hydrogen) atoms. The molecule has 5 rings (SSSR count). The highest BCUT2D eigenvalue weighted by Gasteiger charge is 2.45. The number of ether oxygens (including phenoxy) is 4. The number of piperidine rings is 1. The SMILES string of the molecule is COc1cc(C(O)N2CCC3(CC2)CC(OC2CC2)c2ccccc2O3)ccc1OC(C)C. The molecule has 0 amide bonds. The smallest absolute Gasteiger partial charge is 0.161 e. The van der Waals surface area contributed by atoms with Gasteiger partial charge >= 0.3 is 0 Å². The van der Waals surface area contributed by atoms with Crippen molar-refractivity contribution in [2.45, 2.75) is 76.1 Å². The average molecular weight is 454 g/mol. The molecule has 6 nitrogen and oxygen atoms in total. The summed E-state index contributed by atoms with van der Waals surface area (Å²) in [4.78, 5) is 2.11. The molecule has 0 aromatic heterocycles. The fraction of sp³-hybridized carbons (Fsp3) is 0.556. The zero-order valence-electron chi connectivity index (χ0n) is 19.8. The second-order valence-electron chi connectivity index (χ2n) is 9.84. The van der Waals surface area contributed by atoms with Crippen LogP contribution in [0.2, 0.25) is 0 Å². The van der Waals surface area contributed by atoms with E-state index in [0.29, 0.717) is 17.6 Å². The Kier molecular flexibility index (Phi) is 6.25. The van der Waals surface area contributed by atoms with E-state index in [9.17, 15) is 5.11 Å². The Labute approximate surface area is 196 Å². The summed E-state index contributed by atoms with van der Waals surface area (Å²) in [5.41, 5.74) is 1.74. The van der Waals surface area contributed by atoms with Gasteiger partial charge in [-0.2, -0.15) is 0 Å². The Hall–Kier alpha value is -2.28. The molecule has 2 aromatic carbocycles. The van der Waals surface area contributed by atoms with Crippen LogP contribution in [0.3, 0.4) is 0 Å². The van der Waals surface area contributed by atoms with Crippen molar-refractivity contribution in [3.8, 4) is 17.2 Å². The molecule has 6 heteroatoms. The number of para-hydroxylation sites is 1. The first-order chi connectivity index (χ1) is 16.0. The van der Waals surface area contributed by atoms with Crippen LogP contribution in [-0.2, 0) is 4.74 Å². The lowest BCUT2D eigenvalue weighted by Gasteiger charge is -2.47. The first kappa shape index (κ1) is 22.5. The second-order valence-corrected chi connectivity index (χ2v) is 9.84. The highest BCUT2D eigenvalue weighted by atomic mass is 16.5. The van der Waals surface area contributed by atoms with E-state index < -0.39 is 6.23 Å². The van der Waals surface area contributed by atoms with Crippen molar-refractivity contribution in [1.29, 1.82) is 0 Å². The highest BCUT2D eigenvalue weighted by molar-refractivity contribution is 5.44. The van der Waals surface area contributed by atoms with Crippen molar-refractivity contribution in [3.05, 3.63) is 53.6 Å². The summed E-state index contributed by atoms with van der Waals surface area (Å²) < 4.78 is 24.3. The minimum atomic E-state index is -0.696. The second kappa shape index (κ2) is 9.16.